The van der Waals surface area contributed by atoms with Crippen molar-refractivity contribution in [3.63, 3.8) is 0 Å². The topological polar surface area (TPSA) is 71.8 Å². The summed E-state index contributed by atoms with van der Waals surface area (Å²) in [6.07, 6.45) is 0.723. The highest BCUT2D eigenvalue weighted by atomic mass is 32.1. The van der Waals surface area contributed by atoms with Crippen molar-refractivity contribution in [1.82, 2.24) is 20.1 Å². The maximum Gasteiger partial charge on any atom is 0.320 e. The molecular formula is C15H23N5OS. The van der Waals surface area contributed by atoms with E-state index >= 15 is 0 Å². The minimum Gasteiger partial charge on any atom is -0.337 e. The molecule has 0 fully saturated rings. The fourth-order valence-electron chi connectivity index (χ4n) is 1.85. The van der Waals surface area contributed by atoms with E-state index in [0.717, 1.165) is 22.8 Å². The van der Waals surface area contributed by atoms with E-state index < -0.39 is 0 Å². The predicted octanol–water partition coefficient (Wildman–Crippen LogP) is 2.85. The van der Waals surface area contributed by atoms with Gasteiger partial charge in [-0.3, -0.25) is 10.00 Å². The highest BCUT2D eigenvalue weighted by Crippen LogP contribution is 2.25. The van der Waals surface area contributed by atoms with Gasteiger partial charge in [0.25, 0.3) is 0 Å². The Morgan fingerprint density at radius 3 is 2.68 bits per heavy atom. The molecule has 2 rings (SSSR count). The highest BCUT2D eigenvalue weighted by Gasteiger charge is 2.17. The number of nitrogens with one attached hydrogen (secondary N) is 2. The summed E-state index contributed by atoms with van der Waals surface area (Å²) in [5.74, 6) is 0.557. The van der Waals surface area contributed by atoms with Crippen LogP contribution in [0.5, 0.6) is 0 Å². The zero-order valence-corrected chi connectivity index (χ0v) is 14.5. The van der Waals surface area contributed by atoms with Crippen LogP contribution >= 0.6 is 11.3 Å². The zero-order chi connectivity index (χ0) is 16.3. The summed E-state index contributed by atoms with van der Waals surface area (Å²) in [6, 6.07) is 1.58. The van der Waals surface area contributed by atoms with Gasteiger partial charge in [-0.2, -0.15) is 5.10 Å². The van der Waals surface area contributed by atoms with Crippen LogP contribution in [0.15, 0.2) is 11.4 Å². The van der Waals surface area contributed by atoms with Gasteiger partial charge < -0.3 is 5.32 Å². The summed E-state index contributed by atoms with van der Waals surface area (Å²) in [6.45, 7) is 8.93. The van der Waals surface area contributed by atoms with Crippen LogP contribution in [0.25, 0.3) is 0 Å². The first-order valence-corrected chi connectivity index (χ1v) is 8.14. The van der Waals surface area contributed by atoms with E-state index in [1.54, 1.807) is 16.0 Å². The Morgan fingerprint density at radius 1 is 1.41 bits per heavy atom. The Morgan fingerprint density at radius 2 is 2.14 bits per heavy atom. The van der Waals surface area contributed by atoms with Crippen molar-refractivity contribution in [2.75, 3.05) is 11.9 Å². The molecule has 2 N–H and O–H groups in total. The quantitative estimate of drug-likeness (QED) is 0.909. The number of thiazole rings is 1. The highest BCUT2D eigenvalue weighted by molar-refractivity contribution is 7.09. The summed E-state index contributed by atoms with van der Waals surface area (Å²) in [5, 5.41) is 12.9. The summed E-state index contributed by atoms with van der Waals surface area (Å²) < 4.78 is 1.72. The molecule has 0 aliphatic carbocycles. The second kappa shape index (κ2) is 6.48. The minimum absolute atomic E-state index is 0.0740. The molecule has 0 aliphatic heterocycles. The van der Waals surface area contributed by atoms with Gasteiger partial charge in [0.2, 0.25) is 0 Å². The van der Waals surface area contributed by atoms with Gasteiger partial charge in [-0.05, 0) is 6.92 Å². The van der Waals surface area contributed by atoms with Gasteiger partial charge in [0.15, 0.2) is 5.82 Å². The lowest BCUT2D eigenvalue weighted by Gasteiger charge is -2.13. The average Bonchev–Trinajstić information content (AvgIpc) is 2.97. The molecule has 2 aromatic rings. The van der Waals surface area contributed by atoms with Crippen molar-refractivity contribution in [2.24, 2.45) is 7.05 Å². The average molecular weight is 321 g/mol. The fraction of sp³-hybridized carbons (Fsp3) is 0.533. The number of hydrogen-bond acceptors (Lipinski definition) is 4. The molecule has 2 aromatic heterocycles. The SMILES string of the molecule is Cc1cc(NC(=O)NCCc2csc(C(C)(C)C)n2)nn1C. The maximum atomic E-state index is 11.8. The molecule has 0 spiro atoms. The van der Waals surface area contributed by atoms with Crippen LogP contribution in [0.1, 0.15) is 37.2 Å². The van der Waals surface area contributed by atoms with Crippen LogP contribution in [0.3, 0.4) is 0 Å². The lowest BCUT2D eigenvalue weighted by Crippen LogP contribution is -2.30. The Kier molecular flexibility index (Phi) is 4.85. The lowest BCUT2D eigenvalue weighted by molar-refractivity contribution is 0.252. The van der Waals surface area contributed by atoms with Gasteiger partial charge in [0.05, 0.1) is 10.7 Å². The number of hydrogen-bond donors (Lipinski definition) is 2. The maximum absolute atomic E-state index is 11.8. The van der Waals surface area contributed by atoms with Gasteiger partial charge in [-0.15, -0.1) is 11.3 Å². The largest absolute Gasteiger partial charge is 0.337 e. The molecule has 0 aromatic carbocycles. The second-order valence-electron chi connectivity index (χ2n) is 6.32. The Hall–Kier alpha value is -1.89. The van der Waals surface area contributed by atoms with Crippen molar-refractivity contribution in [1.29, 1.82) is 0 Å². The third-order valence-electron chi connectivity index (χ3n) is 3.22. The third kappa shape index (κ3) is 4.30. The first-order valence-electron chi connectivity index (χ1n) is 7.26. The molecule has 0 saturated heterocycles. The first-order chi connectivity index (χ1) is 10.3. The van der Waals surface area contributed by atoms with Gasteiger partial charge in [-0.25, -0.2) is 9.78 Å². The Labute approximate surface area is 135 Å². The van der Waals surface area contributed by atoms with E-state index in [2.05, 4.69) is 46.9 Å². The molecule has 120 valence electrons. The number of rotatable bonds is 4. The summed E-state index contributed by atoms with van der Waals surface area (Å²) >= 11 is 1.67. The van der Waals surface area contributed by atoms with Crippen LogP contribution in [0.4, 0.5) is 10.6 Å². The molecule has 0 saturated carbocycles. The normalized spacial score (nSPS) is 11.5. The number of aryl methyl sites for hydroxylation is 2. The summed E-state index contributed by atoms with van der Waals surface area (Å²) in [5.41, 5.74) is 2.08. The molecule has 0 unspecified atom stereocenters. The van der Waals surface area contributed by atoms with Gasteiger partial charge in [0, 0.05) is 42.6 Å². The molecule has 0 atom stereocenters. The number of aromatic nitrogens is 3. The Bertz CT molecular complexity index is 634. The molecular weight excluding hydrogens is 298 g/mol. The van der Waals surface area contributed by atoms with Gasteiger partial charge in [0.1, 0.15) is 0 Å². The third-order valence-corrected chi connectivity index (χ3v) is 4.53. The molecule has 0 aliphatic rings. The van der Waals surface area contributed by atoms with Crippen LogP contribution < -0.4 is 10.6 Å². The first kappa shape index (κ1) is 16.5. The monoisotopic (exact) mass is 321 g/mol. The number of anilines is 1. The second-order valence-corrected chi connectivity index (χ2v) is 7.18. The number of carbonyl (C=O) groups is 1. The van der Waals surface area contributed by atoms with E-state index in [0.29, 0.717) is 12.4 Å². The molecule has 0 bridgehead atoms. The number of urea groups is 1. The van der Waals surface area contributed by atoms with Crippen molar-refractivity contribution in [3.8, 4) is 0 Å². The Balaban J connectivity index is 1.78. The number of amides is 2. The molecule has 2 heterocycles. The van der Waals surface area contributed by atoms with E-state index in [1.807, 2.05) is 20.0 Å². The number of nitrogens with zero attached hydrogens (tertiary/aromatic N) is 3. The molecule has 6 nitrogen and oxygen atoms in total. The number of carbonyl (C=O) groups excluding carboxylic acids is 1. The van der Waals surface area contributed by atoms with Crippen molar-refractivity contribution >= 4 is 23.2 Å². The van der Waals surface area contributed by atoms with Crippen LogP contribution in [0.2, 0.25) is 0 Å². The molecule has 7 heteroatoms. The van der Waals surface area contributed by atoms with Gasteiger partial charge >= 0.3 is 6.03 Å². The molecule has 0 radical (unpaired) electrons. The van der Waals surface area contributed by atoms with E-state index in [4.69, 9.17) is 0 Å². The standard InChI is InChI=1S/C15H23N5OS/c1-10-8-12(19-20(10)5)18-14(21)16-7-6-11-9-22-13(17-11)15(2,3)4/h8-9H,6-7H2,1-5H3,(H2,16,18,19,21). The van der Waals surface area contributed by atoms with Crippen LogP contribution in [0, 0.1) is 6.92 Å². The zero-order valence-electron chi connectivity index (χ0n) is 13.7. The van der Waals surface area contributed by atoms with E-state index in [1.165, 1.54) is 0 Å². The van der Waals surface area contributed by atoms with Crippen molar-refractivity contribution in [2.45, 2.75) is 39.5 Å². The smallest absolute Gasteiger partial charge is 0.320 e. The molecule has 22 heavy (non-hydrogen) atoms. The minimum atomic E-state index is -0.246. The van der Waals surface area contributed by atoms with Crippen molar-refractivity contribution in [3.05, 3.63) is 27.8 Å². The van der Waals surface area contributed by atoms with Gasteiger partial charge in [-0.1, -0.05) is 20.8 Å². The summed E-state index contributed by atoms with van der Waals surface area (Å²) in [7, 11) is 1.84. The van der Waals surface area contributed by atoms with E-state index in [9.17, 15) is 4.79 Å². The fourth-order valence-corrected chi connectivity index (χ4v) is 2.79. The lowest BCUT2D eigenvalue weighted by atomic mass is 9.98. The molecule has 2 amide bonds. The van der Waals surface area contributed by atoms with Crippen LogP contribution in [-0.2, 0) is 18.9 Å². The van der Waals surface area contributed by atoms with Crippen LogP contribution in [-0.4, -0.2) is 27.3 Å². The van der Waals surface area contributed by atoms with E-state index in [-0.39, 0.29) is 11.4 Å². The summed E-state index contributed by atoms with van der Waals surface area (Å²) in [4.78, 5) is 16.4. The van der Waals surface area contributed by atoms with Crippen molar-refractivity contribution < 1.29 is 4.79 Å². The predicted molar refractivity (Wildman–Crippen MR) is 89.5 cm³/mol.